The molecule has 3 aliphatic rings. The van der Waals surface area contributed by atoms with Crippen LogP contribution in [-0.4, -0.2) is 35.6 Å². The summed E-state index contributed by atoms with van der Waals surface area (Å²) in [6, 6.07) is 11.7. The summed E-state index contributed by atoms with van der Waals surface area (Å²) in [5, 5.41) is 3.92. The maximum absolute atomic E-state index is 13.3. The van der Waals surface area contributed by atoms with Crippen LogP contribution in [0.5, 0.6) is 0 Å². The Morgan fingerprint density at radius 3 is 2.70 bits per heavy atom. The second kappa shape index (κ2) is 6.83. The largest absolute Gasteiger partial charge is 0.372 e. The number of benzene rings is 3. The highest BCUT2D eigenvalue weighted by atomic mass is 16.2. The van der Waals surface area contributed by atoms with Crippen molar-refractivity contribution in [3.63, 3.8) is 0 Å². The fourth-order valence-corrected chi connectivity index (χ4v) is 4.76. The highest BCUT2D eigenvalue weighted by Crippen LogP contribution is 2.36. The average molecular weight is 400 g/mol. The van der Waals surface area contributed by atoms with Crippen molar-refractivity contribution in [3.05, 3.63) is 57.7 Å². The van der Waals surface area contributed by atoms with E-state index in [2.05, 4.69) is 29.3 Å². The van der Waals surface area contributed by atoms with Crippen molar-refractivity contribution in [2.24, 2.45) is 7.05 Å². The summed E-state index contributed by atoms with van der Waals surface area (Å²) in [5.41, 5.74) is 5.47. The highest BCUT2D eigenvalue weighted by Gasteiger charge is 2.27. The molecule has 6 nitrogen and oxygen atoms in total. The van der Waals surface area contributed by atoms with Gasteiger partial charge in [0.1, 0.15) is 5.56 Å². The van der Waals surface area contributed by atoms with Gasteiger partial charge in [-0.3, -0.25) is 9.59 Å². The van der Waals surface area contributed by atoms with Crippen molar-refractivity contribution in [3.8, 4) is 11.4 Å². The number of anilines is 1. The first-order chi connectivity index (χ1) is 14.5. The first kappa shape index (κ1) is 18.6. The quantitative estimate of drug-likeness (QED) is 0.414. The van der Waals surface area contributed by atoms with Crippen LogP contribution in [-0.2, 0) is 13.5 Å². The summed E-state index contributed by atoms with van der Waals surface area (Å²) in [6.07, 6.45) is 2.17. The average Bonchev–Trinajstić information content (AvgIpc) is 2.78. The minimum atomic E-state index is -0.388. The molecule has 2 aliphatic heterocycles. The van der Waals surface area contributed by atoms with Gasteiger partial charge in [-0.1, -0.05) is 24.3 Å². The number of hydrogen-bond acceptors (Lipinski definition) is 4. The molecule has 0 unspecified atom stereocenters. The first-order valence-corrected chi connectivity index (χ1v) is 10.4. The predicted molar refractivity (Wildman–Crippen MR) is 121 cm³/mol. The van der Waals surface area contributed by atoms with Gasteiger partial charge in [0.05, 0.1) is 22.4 Å². The van der Waals surface area contributed by atoms with Gasteiger partial charge in [0.2, 0.25) is 5.43 Å². The third kappa shape index (κ3) is 2.53. The lowest BCUT2D eigenvalue weighted by Crippen LogP contribution is -2.30. The Balaban J connectivity index is 1.97. The van der Waals surface area contributed by atoms with Crippen LogP contribution in [0.4, 0.5) is 5.69 Å². The number of aromatic nitrogens is 2. The second-order valence-electron chi connectivity index (χ2n) is 7.85. The van der Waals surface area contributed by atoms with Crippen LogP contribution < -0.4 is 15.6 Å². The SMILES string of the molecule is CCN1CCCc2cc3nc4c5ccccc5c(=O)c(C(=O)NC)c-4n(C)c3cc21. The Morgan fingerprint density at radius 1 is 1.20 bits per heavy atom. The molecule has 1 aliphatic carbocycles. The van der Waals surface area contributed by atoms with Crippen LogP contribution in [0.3, 0.4) is 0 Å². The monoisotopic (exact) mass is 400 g/mol. The zero-order chi connectivity index (χ0) is 21.0. The molecule has 152 valence electrons. The number of nitrogens with one attached hydrogen (secondary N) is 1. The molecule has 0 bridgehead atoms. The van der Waals surface area contributed by atoms with E-state index in [0.717, 1.165) is 42.4 Å². The molecule has 2 heterocycles. The maximum atomic E-state index is 13.3. The Labute approximate surface area is 174 Å². The molecule has 2 aromatic carbocycles. The number of hydrogen-bond donors (Lipinski definition) is 1. The van der Waals surface area contributed by atoms with Crippen LogP contribution in [0.1, 0.15) is 29.3 Å². The number of rotatable bonds is 2. The molecule has 0 radical (unpaired) electrons. The highest BCUT2D eigenvalue weighted by molar-refractivity contribution is 6.09. The standard InChI is InChI=1S/C24H24N4O2/c1-4-28-11-7-8-14-12-17-19(13-18(14)28)27(3)22-20(24(30)25-2)23(29)16-10-6-5-9-15(16)21(22)26-17/h5-6,9-10,12-13H,4,7-8,11H2,1-3H3,(H,25,30). The van der Waals surface area contributed by atoms with Gasteiger partial charge >= 0.3 is 0 Å². The van der Waals surface area contributed by atoms with E-state index in [1.165, 1.54) is 11.3 Å². The molecule has 30 heavy (non-hydrogen) atoms. The van der Waals surface area contributed by atoms with Crippen molar-refractivity contribution < 1.29 is 4.79 Å². The van der Waals surface area contributed by atoms with Crippen molar-refractivity contribution in [1.82, 2.24) is 14.9 Å². The van der Waals surface area contributed by atoms with E-state index in [-0.39, 0.29) is 16.9 Å². The van der Waals surface area contributed by atoms with E-state index in [1.54, 1.807) is 13.1 Å². The number of carbonyl (C=O) groups is 1. The second-order valence-corrected chi connectivity index (χ2v) is 7.85. The summed E-state index contributed by atoms with van der Waals surface area (Å²) >= 11 is 0. The van der Waals surface area contributed by atoms with Gasteiger partial charge in [-0.2, -0.15) is 0 Å². The normalized spacial score (nSPS) is 13.8. The van der Waals surface area contributed by atoms with Crippen LogP contribution in [0.2, 0.25) is 0 Å². The fourth-order valence-electron chi connectivity index (χ4n) is 4.76. The van der Waals surface area contributed by atoms with Gasteiger partial charge in [0, 0.05) is 43.6 Å². The number of nitrogens with zero attached hydrogens (tertiary/aromatic N) is 3. The van der Waals surface area contributed by atoms with Gasteiger partial charge in [-0.05, 0) is 37.5 Å². The number of amides is 1. The summed E-state index contributed by atoms with van der Waals surface area (Å²) < 4.78 is 1.96. The molecule has 0 saturated heterocycles. The summed E-state index contributed by atoms with van der Waals surface area (Å²) in [6.45, 7) is 4.15. The van der Waals surface area contributed by atoms with Crippen LogP contribution >= 0.6 is 0 Å². The lowest BCUT2D eigenvalue weighted by Gasteiger charge is -2.31. The lowest BCUT2D eigenvalue weighted by atomic mass is 9.96. The van der Waals surface area contributed by atoms with Crippen molar-refractivity contribution in [2.75, 3.05) is 25.0 Å². The topological polar surface area (TPSA) is 67.2 Å². The van der Waals surface area contributed by atoms with Gasteiger partial charge < -0.3 is 14.8 Å². The molecule has 0 saturated carbocycles. The fraction of sp³-hybridized carbons (Fsp3) is 0.292. The first-order valence-electron chi connectivity index (χ1n) is 10.4. The van der Waals surface area contributed by atoms with Crippen molar-refractivity contribution >= 4 is 33.4 Å². The van der Waals surface area contributed by atoms with E-state index in [4.69, 9.17) is 4.98 Å². The number of aryl methyl sites for hydroxylation is 2. The van der Waals surface area contributed by atoms with Crippen molar-refractivity contribution in [2.45, 2.75) is 19.8 Å². The molecular formula is C24H24N4O2. The number of carbonyl (C=O) groups excluding carboxylic acids is 1. The zero-order valence-corrected chi connectivity index (χ0v) is 17.5. The molecule has 0 aromatic heterocycles. The molecule has 5 rings (SSSR count). The van der Waals surface area contributed by atoms with Gasteiger partial charge in [-0.25, -0.2) is 4.98 Å². The summed E-state index contributed by atoms with van der Waals surface area (Å²) in [5.74, 6) is -0.388. The third-order valence-electron chi connectivity index (χ3n) is 6.27. The Morgan fingerprint density at radius 2 is 1.97 bits per heavy atom. The van der Waals surface area contributed by atoms with E-state index < -0.39 is 0 Å². The van der Waals surface area contributed by atoms with Gasteiger partial charge in [-0.15, -0.1) is 0 Å². The molecule has 6 heteroatoms. The Hall–Kier alpha value is -3.41. The summed E-state index contributed by atoms with van der Waals surface area (Å²) in [4.78, 5) is 33.4. The molecule has 0 spiro atoms. The minimum Gasteiger partial charge on any atom is -0.372 e. The zero-order valence-electron chi connectivity index (χ0n) is 17.5. The number of fused-ring (bicyclic) bond motifs is 5. The summed E-state index contributed by atoms with van der Waals surface area (Å²) in [7, 11) is 3.46. The third-order valence-corrected chi connectivity index (χ3v) is 6.27. The molecule has 1 amide bonds. The van der Waals surface area contributed by atoms with E-state index in [1.807, 2.05) is 29.8 Å². The van der Waals surface area contributed by atoms with Crippen molar-refractivity contribution in [1.29, 1.82) is 0 Å². The molecule has 2 aromatic rings. The molecular weight excluding hydrogens is 376 g/mol. The lowest BCUT2D eigenvalue weighted by molar-refractivity contribution is 0.0962. The van der Waals surface area contributed by atoms with Crippen LogP contribution in [0.15, 0.2) is 41.2 Å². The smallest absolute Gasteiger partial charge is 0.257 e. The van der Waals surface area contributed by atoms with E-state index >= 15 is 0 Å². The van der Waals surface area contributed by atoms with Crippen LogP contribution in [0, 0.1) is 0 Å². The van der Waals surface area contributed by atoms with Gasteiger partial charge in [0.15, 0.2) is 0 Å². The minimum absolute atomic E-state index is 0.146. The van der Waals surface area contributed by atoms with E-state index in [9.17, 15) is 9.59 Å². The molecule has 1 N–H and O–H groups in total. The predicted octanol–water partition coefficient (Wildman–Crippen LogP) is 3.32. The van der Waals surface area contributed by atoms with Gasteiger partial charge in [0.25, 0.3) is 5.91 Å². The Kier molecular flexibility index (Phi) is 4.24. The molecule has 0 atom stereocenters. The molecule has 0 fully saturated rings. The maximum Gasteiger partial charge on any atom is 0.257 e. The van der Waals surface area contributed by atoms with E-state index in [0.29, 0.717) is 16.8 Å². The Bertz CT molecular complexity index is 1360. The van der Waals surface area contributed by atoms with Crippen LogP contribution in [0.25, 0.3) is 33.2 Å².